The molecule has 1 fully saturated rings. The molecule has 17 heavy (non-hydrogen) atoms. The van der Waals surface area contributed by atoms with Crippen LogP contribution >= 0.6 is 11.9 Å². The molecule has 0 aliphatic carbocycles. The van der Waals surface area contributed by atoms with E-state index in [2.05, 4.69) is 35.5 Å². The number of carbonyl (C=O) groups is 1. The second-order valence-corrected chi connectivity index (χ2v) is 5.37. The minimum absolute atomic E-state index is 0.207. The van der Waals surface area contributed by atoms with Crippen LogP contribution in [0.5, 0.6) is 0 Å². The molecule has 92 valence electrons. The van der Waals surface area contributed by atoms with Crippen molar-refractivity contribution >= 4 is 18.2 Å². The molecule has 1 aliphatic rings. The summed E-state index contributed by atoms with van der Waals surface area (Å²) >= 11 is 1.76. The fourth-order valence-corrected chi connectivity index (χ4v) is 2.83. The van der Waals surface area contributed by atoms with E-state index in [1.165, 1.54) is 10.5 Å². The molecule has 1 atom stereocenters. The molecule has 0 radical (unpaired) electrons. The number of hydrogen-bond acceptors (Lipinski definition) is 4. The van der Waals surface area contributed by atoms with Crippen molar-refractivity contribution in [3.63, 3.8) is 0 Å². The molecular formula is C13H17NO2S. The van der Waals surface area contributed by atoms with Crippen molar-refractivity contribution in [3.8, 4) is 0 Å². The highest BCUT2D eigenvalue weighted by atomic mass is 32.2. The SMILES string of the molecule is Cc1ccc(SN2CCC(OCC=O)C2)cc1. The van der Waals surface area contributed by atoms with E-state index in [0.29, 0.717) is 0 Å². The first-order valence-electron chi connectivity index (χ1n) is 5.83. The van der Waals surface area contributed by atoms with Gasteiger partial charge in [0.25, 0.3) is 0 Å². The summed E-state index contributed by atoms with van der Waals surface area (Å²) in [6.07, 6.45) is 2.03. The lowest BCUT2D eigenvalue weighted by Crippen LogP contribution is -2.18. The summed E-state index contributed by atoms with van der Waals surface area (Å²) in [5.74, 6) is 0. The Labute approximate surface area is 106 Å². The molecule has 3 nitrogen and oxygen atoms in total. The Morgan fingerprint density at radius 2 is 2.24 bits per heavy atom. The zero-order chi connectivity index (χ0) is 12.1. The van der Waals surface area contributed by atoms with Gasteiger partial charge in [0.1, 0.15) is 12.9 Å². The summed E-state index contributed by atoms with van der Waals surface area (Å²) in [7, 11) is 0. The number of carbonyl (C=O) groups excluding carboxylic acids is 1. The van der Waals surface area contributed by atoms with Crippen LogP contribution in [-0.2, 0) is 9.53 Å². The summed E-state index contributed by atoms with van der Waals surface area (Å²) in [5, 5.41) is 0. The zero-order valence-corrected chi connectivity index (χ0v) is 10.8. The largest absolute Gasteiger partial charge is 0.369 e. The Balaban J connectivity index is 1.81. The van der Waals surface area contributed by atoms with Crippen molar-refractivity contribution in [2.45, 2.75) is 24.3 Å². The van der Waals surface area contributed by atoms with Crippen LogP contribution < -0.4 is 0 Å². The van der Waals surface area contributed by atoms with E-state index in [0.717, 1.165) is 25.8 Å². The van der Waals surface area contributed by atoms with E-state index >= 15 is 0 Å². The van der Waals surface area contributed by atoms with Gasteiger partial charge in [0.2, 0.25) is 0 Å². The molecule has 0 N–H and O–H groups in total. The van der Waals surface area contributed by atoms with Crippen molar-refractivity contribution < 1.29 is 9.53 Å². The predicted molar refractivity (Wildman–Crippen MR) is 69.0 cm³/mol. The Hall–Kier alpha value is -0.840. The van der Waals surface area contributed by atoms with E-state index in [-0.39, 0.29) is 12.7 Å². The molecule has 1 aromatic rings. The molecular weight excluding hydrogens is 234 g/mol. The molecule has 0 bridgehead atoms. The van der Waals surface area contributed by atoms with E-state index in [9.17, 15) is 4.79 Å². The number of hydrogen-bond donors (Lipinski definition) is 0. The van der Waals surface area contributed by atoms with Crippen LogP contribution in [0.1, 0.15) is 12.0 Å². The number of aryl methyl sites for hydroxylation is 1. The fraction of sp³-hybridized carbons (Fsp3) is 0.462. The standard InChI is InChI=1S/C13H17NO2S/c1-11-2-4-13(5-3-11)17-14-7-6-12(10-14)16-9-8-15/h2-5,8,12H,6-7,9-10H2,1H3. The molecule has 1 saturated heterocycles. The number of nitrogens with zero attached hydrogens (tertiary/aromatic N) is 1. The minimum Gasteiger partial charge on any atom is -0.369 e. The van der Waals surface area contributed by atoms with Crippen LogP contribution in [0.3, 0.4) is 0 Å². The van der Waals surface area contributed by atoms with Gasteiger partial charge in [0.15, 0.2) is 0 Å². The Morgan fingerprint density at radius 3 is 2.94 bits per heavy atom. The highest BCUT2D eigenvalue weighted by molar-refractivity contribution is 7.97. The molecule has 0 spiro atoms. The summed E-state index contributed by atoms with van der Waals surface area (Å²) in [4.78, 5) is 11.5. The van der Waals surface area contributed by atoms with Gasteiger partial charge >= 0.3 is 0 Å². The maximum Gasteiger partial charge on any atom is 0.145 e. The second-order valence-electron chi connectivity index (χ2n) is 4.20. The number of ether oxygens (including phenoxy) is 1. The van der Waals surface area contributed by atoms with E-state index in [1.54, 1.807) is 11.9 Å². The number of rotatable bonds is 5. The molecule has 1 heterocycles. The van der Waals surface area contributed by atoms with Gasteiger partial charge in [-0.05, 0) is 37.4 Å². The Kier molecular flexibility index (Phi) is 4.59. The topological polar surface area (TPSA) is 29.5 Å². The Morgan fingerprint density at radius 1 is 1.47 bits per heavy atom. The molecule has 4 heteroatoms. The molecule has 1 aromatic carbocycles. The minimum atomic E-state index is 0.207. The van der Waals surface area contributed by atoms with Gasteiger partial charge in [-0.1, -0.05) is 17.7 Å². The lowest BCUT2D eigenvalue weighted by atomic mass is 10.2. The second kappa shape index (κ2) is 6.19. The maximum atomic E-state index is 10.2. The number of benzene rings is 1. The predicted octanol–water partition coefficient (Wildman–Crippen LogP) is 2.29. The van der Waals surface area contributed by atoms with Crippen LogP contribution in [-0.4, -0.2) is 36.4 Å². The van der Waals surface area contributed by atoms with Crippen LogP contribution in [0.25, 0.3) is 0 Å². The van der Waals surface area contributed by atoms with Crippen LogP contribution in [0.15, 0.2) is 29.2 Å². The average molecular weight is 251 g/mol. The first-order chi connectivity index (χ1) is 8.28. The van der Waals surface area contributed by atoms with Gasteiger partial charge in [-0.15, -0.1) is 0 Å². The van der Waals surface area contributed by atoms with Gasteiger partial charge in [0, 0.05) is 18.0 Å². The fourth-order valence-electron chi connectivity index (χ4n) is 1.84. The van der Waals surface area contributed by atoms with E-state index < -0.39 is 0 Å². The van der Waals surface area contributed by atoms with Crippen LogP contribution in [0, 0.1) is 6.92 Å². The van der Waals surface area contributed by atoms with Crippen molar-refractivity contribution in [3.05, 3.63) is 29.8 Å². The highest BCUT2D eigenvalue weighted by Crippen LogP contribution is 2.27. The smallest absolute Gasteiger partial charge is 0.145 e. The molecule has 0 amide bonds. The van der Waals surface area contributed by atoms with Crippen molar-refractivity contribution in [1.29, 1.82) is 0 Å². The molecule has 1 aliphatic heterocycles. The van der Waals surface area contributed by atoms with Crippen LogP contribution in [0.4, 0.5) is 0 Å². The zero-order valence-electron chi connectivity index (χ0n) is 9.96. The van der Waals surface area contributed by atoms with E-state index in [1.807, 2.05) is 0 Å². The molecule has 0 aromatic heterocycles. The highest BCUT2D eigenvalue weighted by Gasteiger charge is 2.23. The van der Waals surface area contributed by atoms with Crippen molar-refractivity contribution in [1.82, 2.24) is 4.31 Å². The molecule has 2 rings (SSSR count). The van der Waals surface area contributed by atoms with Gasteiger partial charge in [-0.2, -0.15) is 0 Å². The average Bonchev–Trinajstić information content (AvgIpc) is 2.77. The van der Waals surface area contributed by atoms with Crippen LogP contribution in [0.2, 0.25) is 0 Å². The number of aldehydes is 1. The third-order valence-corrected chi connectivity index (χ3v) is 3.84. The first kappa shape index (κ1) is 12.6. The van der Waals surface area contributed by atoms with Crippen molar-refractivity contribution in [2.75, 3.05) is 19.7 Å². The monoisotopic (exact) mass is 251 g/mol. The third kappa shape index (κ3) is 3.84. The van der Waals surface area contributed by atoms with Gasteiger partial charge in [0.05, 0.1) is 6.10 Å². The quantitative estimate of drug-likeness (QED) is 0.593. The van der Waals surface area contributed by atoms with Gasteiger partial charge in [-0.25, -0.2) is 4.31 Å². The third-order valence-electron chi connectivity index (χ3n) is 2.76. The van der Waals surface area contributed by atoms with E-state index in [4.69, 9.17) is 4.74 Å². The summed E-state index contributed by atoms with van der Waals surface area (Å²) in [6.45, 7) is 4.22. The Bertz CT molecular complexity index is 366. The first-order valence-corrected chi connectivity index (χ1v) is 6.60. The summed E-state index contributed by atoms with van der Waals surface area (Å²) < 4.78 is 7.71. The van der Waals surface area contributed by atoms with Gasteiger partial charge in [-0.3, -0.25) is 0 Å². The normalized spacial score (nSPS) is 20.6. The lowest BCUT2D eigenvalue weighted by molar-refractivity contribution is -0.113. The van der Waals surface area contributed by atoms with Gasteiger partial charge < -0.3 is 9.53 Å². The molecule has 1 unspecified atom stereocenters. The molecule has 0 saturated carbocycles. The van der Waals surface area contributed by atoms with Crippen molar-refractivity contribution in [2.24, 2.45) is 0 Å². The maximum absolute atomic E-state index is 10.2. The lowest BCUT2D eigenvalue weighted by Gasteiger charge is -2.14. The summed E-state index contributed by atoms with van der Waals surface area (Å²) in [6, 6.07) is 8.52. The summed E-state index contributed by atoms with van der Waals surface area (Å²) in [5.41, 5.74) is 1.28.